The molecule has 1 unspecified atom stereocenters. The summed E-state index contributed by atoms with van der Waals surface area (Å²) in [5, 5.41) is 8.05. The van der Waals surface area contributed by atoms with Crippen LogP contribution in [-0.2, 0) is 27.5 Å². The van der Waals surface area contributed by atoms with Gasteiger partial charge in [-0.3, -0.25) is 23.9 Å². The first-order valence-electron chi connectivity index (χ1n) is 10.5. The van der Waals surface area contributed by atoms with E-state index in [9.17, 15) is 41.8 Å². The van der Waals surface area contributed by atoms with Crippen molar-refractivity contribution in [1.29, 1.82) is 0 Å². The Morgan fingerprint density at radius 1 is 1.24 bits per heavy atom. The molecule has 0 saturated carbocycles. The van der Waals surface area contributed by atoms with E-state index in [2.05, 4.69) is 4.99 Å². The maximum atomic E-state index is 14.8. The smallest absolute Gasteiger partial charge is 0.431 e. The SMILES string of the molecule is CCOC(=O)CN1C(=O)C(CCO)SC1=Nc1cc(-n2c(=O)cc(C(F)(F)F)n(C)c2=O)c(F)cc1Cl. The lowest BCUT2D eigenvalue weighted by atomic mass is 10.2. The van der Waals surface area contributed by atoms with Crippen molar-refractivity contribution in [2.75, 3.05) is 19.8 Å². The number of rotatable bonds is 7. The van der Waals surface area contributed by atoms with Crippen molar-refractivity contribution in [2.45, 2.75) is 24.8 Å². The fourth-order valence-electron chi connectivity index (χ4n) is 3.38. The third-order valence-electron chi connectivity index (χ3n) is 5.09. The van der Waals surface area contributed by atoms with Crippen molar-refractivity contribution in [2.24, 2.45) is 12.0 Å². The van der Waals surface area contributed by atoms with Crippen LogP contribution >= 0.6 is 23.4 Å². The van der Waals surface area contributed by atoms with Gasteiger partial charge in [0.25, 0.3) is 5.56 Å². The second-order valence-corrected chi connectivity index (χ2v) is 9.12. The van der Waals surface area contributed by atoms with Crippen LogP contribution in [0.3, 0.4) is 0 Å². The van der Waals surface area contributed by atoms with Crippen molar-refractivity contribution in [1.82, 2.24) is 14.0 Å². The van der Waals surface area contributed by atoms with Gasteiger partial charge in [-0.2, -0.15) is 13.2 Å². The van der Waals surface area contributed by atoms with Crippen molar-refractivity contribution in [3.8, 4) is 5.69 Å². The van der Waals surface area contributed by atoms with Gasteiger partial charge in [0.2, 0.25) is 5.91 Å². The van der Waals surface area contributed by atoms with E-state index in [0.717, 1.165) is 29.8 Å². The van der Waals surface area contributed by atoms with Gasteiger partial charge in [0, 0.05) is 19.7 Å². The number of amidine groups is 1. The molecule has 1 aromatic carbocycles. The fourth-order valence-corrected chi connectivity index (χ4v) is 4.71. The normalized spacial score (nSPS) is 17.1. The average Bonchev–Trinajstić information content (AvgIpc) is 3.07. The van der Waals surface area contributed by atoms with Crippen LogP contribution in [0, 0.1) is 5.82 Å². The summed E-state index contributed by atoms with van der Waals surface area (Å²) in [5.41, 5.74) is -5.44. The Hall–Kier alpha value is -3.17. The van der Waals surface area contributed by atoms with Crippen LogP contribution in [0.5, 0.6) is 0 Å². The molecule has 0 aliphatic carbocycles. The van der Waals surface area contributed by atoms with Crippen molar-refractivity contribution in [3.63, 3.8) is 0 Å². The molecule has 2 aromatic rings. The summed E-state index contributed by atoms with van der Waals surface area (Å²) in [4.78, 5) is 54.9. The number of amides is 1. The van der Waals surface area contributed by atoms with E-state index in [1.807, 2.05) is 0 Å². The molecule has 1 fully saturated rings. The molecule has 1 atom stereocenters. The fraction of sp³-hybridized carbons (Fsp3) is 0.381. The lowest BCUT2D eigenvalue weighted by molar-refractivity contribution is -0.146. The molecule has 0 spiro atoms. The number of aliphatic hydroxyl groups excluding tert-OH is 1. The first kappa shape index (κ1) is 28.4. The van der Waals surface area contributed by atoms with E-state index in [-0.39, 0.29) is 50.7 Å². The molecule has 3 rings (SSSR count). The average molecular weight is 567 g/mol. The minimum Gasteiger partial charge on any atom is -0.465 e. The molecule has 1 aliphatic heterocycles. The zero-order valence-electron chi connectivity index (χ0n) is 19.2. The number of hydrogen-bond acceptors (Lipinski definition) is 8. The van der Waals surface area contributed by atoms with Crippen LogP contribution in [0.25, 0.3) is 5.69 Å². The number of aliphatic hydroxyl groups is 1. The minimum atomic E-state index is -5.01. The van der Waals surface area contributed by atoms with Gasteiger partial charge in [-0.15, -0.1) is 0 Å². The number of carbonyl (C=O) groups is 2. The van der Waals surface area contributed by atoms with Crippen LogP contribution in [-0.4, -0.2) is 61.2 Å². The van der Waals surface area contributed by atoms with Gasteiger partial charge in [-0.25, -0.2) is 18.7 Å². The maximum absolute atomic E-state index is 14.8. The molecule has 16 heteroatoms. The molecule has 1 aliphatic rings. The number of esters is 1. The number of halogens is 5. The van der Waals surface area contributed by atoms with Crippen molar-refractivity contribution in [3.05, 3.63) is 55.6 Å². The van der Waals surface area contributed by atoms with Gasteiger partial charge in [0.05, 0.1) is 28.3 Å². The lowest BCUT2D eigenvalue weighted by Gasteiger charge is -2.16. The van der Waals surface area contributed by atoms with E-state index in [0.29, 0.717) is 6.07 Å². The van der Waals surface area contributed by atoms with Crippen molar-refractivity contribution >= 4 is 46.1 Å². The number of nitrogens with zero attached hydrogens (tertiary/aromatic N) is 4. The largest absolute Gasteiger partial charge is 0.465 e. The van der Waals surface area contributed by atoms with E-state index in [1.54, 1.807) is 6.92 Å². The third kappa shape index (κ3) is 5.88. The van der Waals surface area contributed by atoms with Crippen LogP contribution in [0.2, 0.25) is 5.02 Å². The standard InChI is InChI=1S/C21H19ClF4N4O6S/c1-3-36-17(33)9-29-18(34)14(4-5-31)37-19(29)27-12-7-13(11(23)6-10(12)22)30-16(32)8-15(21(24,25)26)28(2)20(30)35/h6-8,14,31H,3-5,9H2,1-2H3. The highest BCUT2D eigenvalue weighted by atomic mass is 35.5. The number of aliphatic imine (C=N–C) groups is 1. The predicted molar refractivity (Wildman–Crippen MR) is 126 cm³/mol. The molecule has 37 heavy (non-hydrogen) atoms. The highest BCUT2D eigenvalue weighted by molar-refractivity contribution is 8.15. The number of hydrogen-bond donors (Lipinski definition) is 1. The molecule has 2 heterocycles. The minimum absolute atomic E-state index is 0.0290. The van der Waals surface area contributed by atoms with Gasteiger partial charge in [-0.05, 0) is 25.5 Å². The molecular formula is C21H19ClF4N4O6S. The van der Waals surface area contributed by atoms with Crippen LogP contribution < -0.4 is 11.2 Å². The Morgan fingerprint density at radius 2 is 1.92 bits per heavy atom. The van der Waals surface area contributed by atoms with Gasteiger partial charge >= 0.3 is 17.8 Å². The monoisotopic (exact) mass is 566 g/mol. The van der Waals surface area contributed by atoms with Crippen LogP contribution in [0.1, 0.15) is 19.0 Å². The zero-order valence-corrected chi connectivity index (χ0v) is 20.8. The second kappa shape index (κ2) is 11.1. The number of thioether (sulfide) groups is 1. The second-order valence-electron chi connectivity index (χ2n) is 7.54. The Morgan fingerprint density at radius 3 is 2.51 bits per heavy atom. The summed E-state index contributed by atoms with van der Waals surface area (Å²) >= 11 is 6.97. The topological polar surface area (TPSA) is 123 Å². The van der Waals surface area contributed by atoms with E-state index >= 15 is 0 Å². The summed E-state index contributed by atoms with van der Waals surface area (Å²) in [6.07, 6.45) is -4.98. The number of benzene rings is 1. The molecule has 1 saturated heterocycles. The number of ether oxygens (including phenoxy) is 1. The molecule has 0 radical (unpaired) electrons. The highest BCUT2D eigenvalue weighted by Crippen LogP contribution is 2.35. The van der Waals surface area contributed by atoms with Gasteiger partial charge < -0.3 is 9.84 Å². The number of alkyl halides is 3. The van der Waals surface area contributed by atoms with E-state index in [1.165, 1.54) is 0 Å². The Labute approximate surface area is 215 Å². The van der Waals surface area contributed by atoms with Gasteiger partial charge in [0.1, 0.15) is 18.1 Å². The molecule has 0 bridgehead atoms. The maximum Gasteiger partial charge on any atom is 0.431 e. The van der Waals surface area contributed by atoms with Gasteiger partial charge in [-0.1, -0.05) is 23.4 Å². The number of aromatic nitrogens is 2. The Bertz CT molecular complexity index is 1390. The number of carbonyl (C=O) groups excluding carboxylic acids is 2. The predicted octanol–water partition coefficient (Wildman–Crippen LogP) is 2.22. The quantitative estimate of drug-likeness (QED) is 0.403. The van der Waals surface area contributed by atoms with Gasteiger partial charge in [0.15, 0.2) is 5.17 Å². The summed E-state index contributed by atoms with van der Waals surface area (Å²) < 4.78 is 59.5. The van der Waals surface area contributed by atoms with E-state index in [4.69, 9.17) is 16.3 Å². The Kier molecular flexibility index (Phi) is 8.49. The summed E-state index contributed by atoms with van der Waals surface area (Å²) in [6, 6.07) is 1.70. The van der Waals surface area contributed by atoms with E-state index < -0.39 is 58.3 Å². The highest BCUT2D eigenvalue weighted by Gasteiger charge is 2.39. The molecule has 200 valence electrons. The summed E-state index contributed by atoms with van der Waals surface area (Å²) in [5.74, 6) is -2.51. The summed E-state index contributed by atoms with van der Waals surface area (Å²) in [6.45, 7) is 0.746. The van der Waals surface area contributed by atoms with Crippen LogP contribution in [0.15, 0.2) is 32.8 Å². The third-order valence-corrected chi connectivity index (χ3v) is 6.63. The zero-order chi connectivity index (χ0) is 27.7. The molecule has 1 N–H and O–H groups in total. The first-order valence-corrected chi connectivity index (χ1v) is 11.8. The summed E-state index contributed by atoms with van der Waals surface area (Å²) in [7, 11) is 0.769. The molecule has 1 aromatic heterocycles. The van der Waals surface area contributed by atoms with Crippen molar-refractivity contribution < 1.29 is 37.0 Å². The molecular weight excluding hydrogens is 548 g/mol. The first-order chi connectivity index (χ1) is 17.3. The van der Waals surface area contributed by atoms with Crippen LogP contribution in [0.4, 0.5) is 23.2 Å². The Balaban J connectivity index is 2.15. The lowest BCUT2D eigenvalue weighted by Crippen LogP contribution is -2.41. The molecule has 10 nitrogen and oxygen atoms in total. The molecule has 1 amide bonds.